The Kier molecular flexibility index (Phi) is 4.05. The molecule has 0 aliphatic rings. The van der Waals surface area contributed by atoms with Crippen LogP contribution in [0.15, 0.2) is 39.4 Å². The maximum atomic E-state index is 12.0. The first kappa shape index (κ1) is 15.2. The summed E-state index contributed by atoms with van der Waals surface area (Å²) in [6, 6.07) is 7.68. The Balaban J connectivity index is 2.37. The van der Waals surface area contributed by atoms with Crippen molar-refractivity contribution in [1.29, 1.82) is 0 Å². The highest BCUT2D eigenvalue weighted by Crippen LogP contribution is 2.30. The summed E-state index contributed by atoms with van der Waals surface area (Å²) in [5.74, 6) is 0. The zero-order valence-electron chi connectivity index (χ0n) is 10.1. The molecule has 2 rings (SSSR count). The quantitative estimate of drug-likeness (QED) is 0.851. The summed E-state index contributed by atoms with van der Waals surface area (Å²) in [6.07, 6.45) is 0. The molecule has 0 saturated carbocycles. The molecular weight excluding hydrogens is 344 g/mol. The summed E-state index contributed by atoms with van der Waals surface area (Å²) in [5, 5.41) is -0.0504. The molecule has 20 heavy (non-hydrogen) atoms. The molecule has 1 aromatic heterocycles. The maximum Gasteiger partial charge on any atom is 0.272 e. The van der Waals surface area contributed by atoms with E-state index in [9.17, 15) is 16.8 Å². The molecule has 10 heteroatoms. The van der Waals surface area contributed by atoms with Gasteiger partial charge < -0.3 is 0 Å². The van der Waals surface area contributed by atoms with E-state index in [1.54, 1.807) is 18.2 Å². The monoisotopic (exact) mass is 352 g/mol. The van der Waals surface area contributed by atoms with E-state index in [2.05, 4.69) is 9.71 Å². The smallest absolute Gasteiger partial charge is 0.255 e. The average molecular weight is 353 g/mol. The number of rotatable bonds is 4. The van der Waals surface area contributed by atoms with Gasteiger partial charge in [-0.25, -0.2) is 21.8 Å². The lowest BCUT2D eigenvalue weighted by Crippen LogP contribution is -2.12. The van der Waals surface area contributed by atoms with Gasteiger partial charge in [-0.15, -0.1) is 0 Å². The van der Waals surface area contributed by atoms with E-state index in [0.29, 0.717) is 11.3 Å². The van der Waals surface area contributed by atoms with Crippen LogP contribution < -0.4 is 4.72 Å². The number of anilines is 1. The van der Waals surface area contributed by atoms with E-state index in [-0.39, 0.29) is 19.9 Å². The van der Waals surface area contributed by atoms with Crippen molar-refractivity contribution in [3.8, 4) is 0 Å². The average Bonchev–Trinajstić information content (AvgIpc) is 2.70. The molecule has 0 radical (unpaired) electrons. The first-order valence-corrected chi connectivity index (χ1v) is 9.81. The first-order valence-electron chi connectivity index (χ1n) is 5.20. The highest BCUT2D eigenvalue weighted by molar-refractivity contribution is 8.15. The topological polar surface area (TPSA) is 93.2 Å². The van der Waals surface area contributed by atoms with Crippen molar-refractivity contribution in [2.45, 2.75) is 16.0 Å². The molecule has 6 nitrogen and oxygen atoms in total. The van der Waals surface area contributed by atoms with Crippen LogP contribution >= 0.6 is 22.0 Å². The summed E-state index contributed by atoms with van der Waals surface area (Å²) in [5.41, 5.74) is 0.149. The summed E-state index contributed by atoms with van der Waals surface area (Å²) in [6.45, 7) is 1.44. The number of sulfonamides is 1. The van der Waals surface area contributed by atoms with Crippen LogP contribution in [0, 0.1) is 6.92 Å². The highest BCUT2D eigenvalue weighted by atomic mass is 35.7. The molecule has 0 atom stereocenters. The summed E-state index contributed by atoms with van der Waals surface area (Å²) in [4.78, 5) is 3.91. The molecule has 2 aromatic rings. The predicted octanol–water partition coefficient (Wildman–Crippen LogP) is 2.18. The normalized spacial score (nSPS) is 12.3. The van der Waals surface area contributed by atoms with Crippen LogP contribution in [0.2, 0.25) is 0 Å². The Morgan fingerprint density at radius 2 is 1.75 bits per heavy atom. The van der Waals surface area contributed by atoms with E-state index in [1.165, 1.54) is 19.1 Å². The van der Waals surface area contributed by atoms with Gasteiger partial charge in [0.1, 0.15) is 0 Å². The molecule has 0 spiro atoms. The number of thiazole rings is 1. The van der Waals surface area contributed by atoms with E-state index in [4.69, 9.17) is 10.7 Å². The Bertz CT molecular complexity index is 829. The fraction of sp³-hybridized carbons (Fsp3) is 0.100. The first-order chi connectivity index (χ1) is 9.20. The van der Waals surface area contributed by atoms with Crippen LogP contribution in [-0.2, 0) is 19.1 Å². The molecule has 1 aromatic carbocycles. The molecule has 0 bridgehead atoms. The lowest BCUT2D eigenvalue weighted by molar-refractivity contribution is 0.601. The molecule has 0 aliphatic heterocycles. The van der Waals surface area contributed by atoms with Crippen molar-refractivity contribution < 1.29 is 16.8 Å². The Morgan fingerprint density at radius 1 is 1.15 bits per heavy atom. The van der Waals surface area contributed by atoms with Crippen LogP contribution in [0.3, 0.4) is 0 Å². The Morgan fingerprint density at radius 3 is 2.25 bits per heavy atom. The predicted molar refractivity (Wildman–Crippen MR) is 77.1 cm³/mol. The number of halogens is 1. The molecule has 1 heterocycles. The van der Waals surface area contributed by atoms with Crippen molar-refractivity contribution in [1.82, 2.24) is 4.98 Å². The lowest BCUT2D eigenvalue weighted by atomic mass is 10.4. The number of hydrogen-bond acceptors (Lipinski definition) is 6. The zero-order chi connectivity index (χ0) is 15.0. The molecule has 1 N–H and O–H groups in total. The minimum Gasteiger partial charge on any atom is -0.255 e. The van der Waals surface area contributed by atoms with Crippen LogP contribution in [0.1, 0.15) is 5.69 Å². The molecule has 0 fully saturated rings. The number of aromatic nitrogens is 1. The van der Waals surface area contributed by atoms with Gasteiger partial charge >= 0.3 is 0 Å². The van der Waals surface area contributed by atoms with Crippen LogP contribution in [0.4, 0.5) is 5.13 Å². The van der Waals surface area contributed by atoms with E-state index < -0.39 is 19.1 Å². The van der Waals surface area contributed by atoms with Gasteiger partial charge in [-0.1, -0.05) is 29.5 Å². The highest BCUT2D eigenvalue weighted by Gasteiger charge is 2.22. The van der Waals surface area contributed by atoms with E-state index in [0.717, 1.165) is 0 Å². The van der Waals surface area contributed by atoms with E-state index in [1.807, 2.05) is 0 Å². The van der Waals surface area contributed by atoms with Gasteiger partial charge in [0.15, 0.2) is 9.34 Å². The van der Waals surface area contributed by atoms with E-state index >= 15 is 0 Å². The van der Waals surface area contributed by atoms with Crippen LogP contribution in [0.25, 0.3) is 0 Å². The maximum absolute atomic E-state index is 12.0. The minimum atomic E-state index is -3.94. The van der Waals surface area contributed by atoms with Gasteiger partial charge in [0.05, 0.1) is 10.6 Å². The summed E-state index contributed by atoms with van der Waals surface area (Å²) in [7, 11) is -2.51. The second kappa shape index (κ2) is 5.32. The van der Waals surface area contributed by atoms with Crippen molar-refractivity contribution in [3.63, 3.8) is 0 Å². The third kappa shape index (κ3) is 3.29. The fourth-order valence-corrected chi connectivity index (χ4v) is 5.03. The number of aryl methyl sites for hydroxylation is 1. The largest absolute Gasteiger partial charge is 0.272 e. The minimum absolute atomic E-state index is 0.0504. The molecule has 0 saturated heterocycles. The van der Waals surface area contributed by atoms with Gasteiger partial charge in [-0.05, 0) is 19.1 Å². The summed E-state index contributed by atoms with van der Waals surface area (Å²) >= 11 is 0.667. The van der Waals surface area contributed by atoms with Crippen molar-refractivity contribution >= 4 is 46.2 Å². The van der Waals surface area contributed by atoms with Crippen LogP contribution in [-0.4, -0.2) is 21.8 Å². The third-order valence-electron chi connectivity index (χ3n) is 2.25. The van der Waals surface area contributed by atoms with Crippen molar-refractivity contribution in [2.75, 3.05) is 4.72 Å². The van der Waals surface area contributed by atoms with Crippen molar-refractivity contribution in [2.24, 2.45) is 0 Å². The van der Waals surface area contributed by atoms with Gasteiger partial charge in [0.2, 0.25) is 0 Å². The molecule has 0 amide bonds. The summed E-state index contributed by atoms with van der Waals surface area (Å²) < 4.78 is 48.7. The van der Waals surface area contributed by atoms with Crippen molar-refractivity contribution in [3.05, 3.63) is 36.0 Å². The molecular formula is C10H9ClN2O4S3. The second-order valence-electron chi connectivity index (χ2n) is 3.75. The number of nitrogens with zero attached hydrogens (tertiary/aromatic N) is 1. The van der Waals surface area contributed by atoms with Gasteiger partial charge in [0.25, 0.3) is 19.1 Å². The third-order valence-corrected chi connectivity index (χ3v) is 6.99. The number of benzene rings is 1. The van der Waals surface area contributed by atoms with Gasteiger partial charge in [0, 0.05) is 10.7 Å². The second-order valence-corrected chi connectivity index (χ2v) is 9.19. The number of hydrogen-bond donors (Lipinski definition) is 1. The standard InChI is InChI=1S/C10H9ClN2O4S3/c1-7-9(19(11,14)15)18-10(12-7)13-20(16,17)8-5-3-2-4-6-8/h2-6H,1H3,(H,12,13). The van der Waals surface area contributed by atoms with Crippen LogP contribution in [0.5, 0.6) is 0 Å². The molecule has 108 valence electrons. The van der Waals surface area contributed by atoms with Gasteiger partial charge in [-0.2, -0.15) is 0 Å². The fourth-order valence-electron chi connectivity index (χ4n) is 1.43. The Labute approximate surface area is 124 Å². The number of nitrogens with one attached hydrogen (secondary N) is 1. The molecule has 0 aliphatic carbocycles. The molecule has 0 unspecified atom stereocenters. The SMILES string of the molecule is Cc1nc(NS(=O)(=O)c2ccccc2)sc1S(=O)(=O)Cl. The van der Waals surface area contributed by atoms with Gasteiger partial charge in [-0.3, -0.25) is 4.72 Å². The lowest BCUT2D eigenvalue weighted by Gasteiger charge is -2.03. The zero-order valence-corrected chi connectivity index (χ0v) is 13.3. The Hall–Kier alpha value is -1.16.